The maximum atomic E-state index is 3.00. The van der Waals surface area contributed by atoms with Gasteiger partial charge in [-0.15, -0.1) is 38.0 Å². The molecule has 0 N–H and O–H groups in total. The van der Waals surface area contributed by atoms with Crippen molar-refractivity contribution in [3.63, 3.8) is 0 Å². The monoisotopic (exact) mass is 132 g/mol. The van der Waals surface area contributed by atoms with E-state index < -0.39 is 0 Å². The van der Waals surface area contributed by atoms with Gasteiger partial charge in [0.25, 0.3) is 0 Å². The van der Waals surface area contributed by atoms with Crippen molar-refractivity contribution in [3.05, 3.63) is 13.2 Å². The quantitative estimate of drug-likeness (QED) is 0.445. The lowest BCUT2D eigenvalue weighted by Crippen LogP contribution is -0.552. The molecule has 0 radical (unpaired) electrons. The summed E-state index contributed by atoms with van der Waals surface area (Å²) < 4.78 is 0. The highest BCUT2D eigenvalue weighted by Crippen LogP contribution is 0.862. The van der Waals surface area contributed by atoms with Gasteiger partial charge in [0.15, 0.2) is 0 Å². The standard InChI is InChI=1S/C2H4.2CH4.2ClH/c1-2;;;;/h1-2H2;2*1H4;2*1H. The molecule has 0 aromatic carbocycles. The Morgan fingerprint density at radius 1 is 0.667 bits per heavy atom. The van der Waals surface area contributed by atoms with Crippen LogP contribution in [-0.4, -0.2) is 0 Å². The van der Waals surface area contributed by atoms with E-state index >= 15 is 0 Å². The van der Waals surface area contributed by atoms with E-state index in [4.69, 9.17) is 0 Å². The van der Waals surface area contributed by atoms with E-state index in [2.05, 4.69) is 13.2 Å². The Hall–Kier alpha value is 0.320. The molecule has 2 heteroatoms. The summed E-state index contributed by atoms with van der Waals surface area (Å²) in [5, 5.41) is 0. The number of halogens is 2. The fraction of sp³-hybridized carbons (Fsp3) is 0.500. The van der Waals surface area contributed by atoms with Crippen LogP contribution in [0.25, 0.3) is 0 Å². The third kappa shape index (κ3) is 465. The first kappa shape index (κ1) is 103. The summed E-state index contributed by atoms with van der Waals surface area (Å²) in [6.45, 7) is 6.00. The van der Waals surface area contributed by atoms with Crippen LogP contribution in [0, 0.1) is 0 Å². The fourth-order valence-corrected chi connectivity index (χ4v) is 0. The van der Waals surface area contributed by atoms with Crippen LogP contribution in [0.4, 0.5) is 0 Å². The van der Waals surface area contributed by atoms with Gasteiger partial charge in [-0.1, -0.05) is 14.9 Å². The maximum Gasteiger partial charge on any atom is -0.0776 e. The van der Waals surface area contributed by atoms with Gasteiger partial charge in [-0.05, 0) is 0 Å². The van der Waals surface area contributed by atoms with Crippen molar-refractivity contribution >= 4 is 24.8 Å². The normalized spacial score (nSPS) is 0.667. The van der Waals surface area contributed by atoms with Crippen molar-refractivity contribution in [1.82, 2.24) is 0 Å². The zero-order chi connectivity index (χ0) is 2.00. The van der Waals surface area contributed by atoms with Crippen molar-refractivity contribution in [3.8, 4) is 0 Å². The van der Waals surface area contributed by atoms with Crippen LogP contribution in [-0.2, 0) is 0 Å². The first-order valence-electron chi connectivity index (χ1n) is 0.500. The van der Waals surface area contributed by atoms with Gasteiger partial charge in [0.2, 0.25) is 0 Å². The van der Waals surface area contributed by atoms with Crippen LogP contribution in [0.5, 0.6) is 0 Å². The molecule has 44 valence electrons. The predicted molar refractivity (Wildman–Crippen MR) is 39.2 cm³/mol. The van der Waals surface area contributed by atoms with Gasteiger partial charge in [-0.2, -0.15) is 0 Å². The van der Waals surface area contributed by atoms with E-state index in [0.717, 1.165) is 0 Å². The molecule has 0 heterocycles. The molecular formula is C4H14Cl2. The smallest absolute Gasteiger partial charge is 0.0776 e. The molecule has 0 aliphatic rings. The molecule has 0 saturated heterocycles. The Balaban J connectivity index is -0.000000000833. The summed E-state index contributed by atoms with van der Waals surface area (Å²) in [5.74, 6) is 0. The van der Waals surface area contributed by atoms with E-state index in [1.165, 1.54) is 0 Å². The fourth-order valence-electron chi connectivity index (χ4n) is 0. The van der Waals surface area contributed by atoms with Crippen molar-refractivity contribution in [1.29, 1.82) is 0 Å². The van der Waals surface area contributed by atoms with E-state index in [-0.39, 0.29) is 39.7 Å². The average Bonchev–Trinajstić information content (AvgIpc) is 1.00. The molecule has 0 bridgehead atoms. The van der Waals surface area contributed by atoms with Crippen LogP contribution in [0.3, 0.4) is 0 Å². The minimum atomic E-state index is 0. The molecule has 0 aromatic rings. The van der Waals surface area contributed by atoms with E-state index in [0.29, 0.717) is 0 Å². The van der Waals surface area contributed by atoms with Crippen LogP contribution in [0.1, 0.15) is 14.9 Å². The second-order valence-electron chi connectivity index (χ2n) is 0. The van der Waals surface area contributed by atoms with Gasteiger partial charge in [-0.3, -0.25) is 0 Å². The molecule has 0 spiro atoms. The van der Waals surface area contributed by atoms with Gasteiger partial charge in [-0.25, -0.2) is 0 Å². The summed E-state index contributed by atoms with van der Waals surface area (Å²) in [7, 11) is 0. The van der Waals surface area contributed by atoms with Gasteiger partial charge in [0.05, 0.1) is 0 Å². The predicted octanol–water partition coefficient (Wildman–Crippen LogP) is 2.92. The lowest BCUT2D eigenvalue weighted by molar-refractivity contribution is 2.50. The van der Waals surface area contributed by atoms with Crippen molar-refractivity contribution in [2.75, 3.05) is 0 Å². The highest BCUT2D eigenvalue weighted by Gasteiger charge is 0.601. The van der Waals surface area contributed by atoms with E-state index in [9.17, 15) is 0 Å². The number of rotatable bonds is 0. The maximum absolute atomic E-state index is 3.00. The topological polar surface area (TPSA) is 0 Å². The van der Waals surface area contributed by atoms with E-state index in [1.807, 2.05) is 0 Å². The SMILES string of the molecule is C.C.C=C.Cl.Cl. The molecule has 0 aromatic heterocycles. The highest BCUT2D eigenvalue weighted by atomic mass is 35.5. The molecule has 0 unspecified atom stereocenters. The van der Waals surface area contributed by atoms with Crippen LogP contribution in [0.15, 0.2) is 13.2 Å². The van der Waals surface area contributed by atoms with Crippen molar-refractivity contribution < 1.29 is 0 Å². The molecular weight excluding hydrogens is 119 g/mol. The van der Waals surface area contributed by atoms with E-state index in [1.54, 1.807) is 0 Å². The zero-order valence-corrected chi connectivity index (χ0v) is 3.86. The molecule has 6 heavy (non-hydrogen) atoms. The number of hydrogen-bond acceptors (Lipinski definition) is 0. The Bertz CT molecular complexity index is 5.51. The minimum absolute atomic E-state index is 0. The first-order chi connectivity index (χ1) is 1.00. The molecule has 0 amide bonds. The largest absolute Gasteiger partial charge is 0.147 e. The molecule has 0 aliphatic carbocycles. The van der Waals surface area contributed by atoms with Crippen LogP contribution >= 0.6 is 24.8 Å². The molecule has 0 fully saturated rings. The summed E-state index contributed by atoms with van der Waals surface area (Å²) in [5.41, 5.74) is 0. The molecule has 0 aliphatic heterocycles. The van der Waals surface area contributed by atoms with Crippen molar-refractivity contribution in [2.45, 2.75) is 14.9 Å². The average molecular weight is 133 g/mol. The highest BCUT2D eigenvalue weighted by molar-refractivity contribution is 5.85. The van der Waals surface area contributed by atoms with Gasteiger partial charge < -0.3 is 0 Å². The second kappa shape index (κ2) is 970. The third-order valence-electron chi connectivity index (χ3n) is 0. The third-order valence-corrected chi connectivity index (χ3v) is 0. The van der Waals surface area contributed by atoms with Gasteiger partial charge in [0.1, 0.15) is 0 Å². The Labute approximate surface area is 53.5 Å². The van der Waals surface area contributed by atoms with Gasteiger partial charge >= 0.3 is 0 Å². The Morgan fingerprint density at radius 2 is 0.667 bits per heavy atom. The lowest BCUT2D eigenvalue weighted by Gasteiger charge is -0.813. The molecule has 0 nitrogen and oxygen atoms in total. The first-order valence-corrected chi connectivity index (χ1v) is 0.500. The van der Waals surface area contributed by atoms with Crippen LogP contribution in [0.2, 0.25) is 0 Å². The molecule has 0 saturated carbocycles. The summed E-state index contributed by atoms with van der Waals surface area (Å²) in [6, 6.07) is 0. The summed E-state index contributed by atoms with van der Waals surface area (Å²) >= 11 is 0. The zero-order valence-electron chi connectivity index (χ0n) is 2.23. The Kier molecular flexibility index (Phi) is 16600. The summed E-state index contributed by atoms with van der Waals surface area (Å²) in [4.78, 5) is 0. The lowest BCUT2D eigenvalue weighted by atomic mass is 11.3. The molecule has 0 atom stereocenters. The van der Waals surface area contributed by atoms with Crippen molar-refractivity contribution in [2.24, 2.45) is 0 Å². The minimum Gasteiger partial charge on any atom is -0.147 e. The number of hydrogen-bond donors (Lipinski definition) is 0. The molecule has 0 rings (SSSR count). The summed E-state index contributed by atoms with van der Waals surface area (Å²) in [6.07, 6.45) is 0. The van der Waals surface area contributed by atoms with Crippen LogP contribution < -0.4 is 0 Å². The van der Waals surface area contributed by atoms with Gasteiger partial charge in [0, 0.05) is 0 Å². The second-order valence-corrected chi connectivity index (χ2v) is 0. The Morgan fingerprint density at radius 3 is 0.667 bits per heavy atom.